The largest absolute Gasteiger partial charge is 0.388 e. The summed E-state index contributed by atoms with van der Waals surface area (Å²) in [6.07, 6.45) is 2.40. The third-order valence-corrected chi connectivity index (χ3v) is 3.83. The minimum absolute atomic E-state index is 0.134. The molecule has 0 unspecified atom stereocenters. The van der Waals surface area contributed by atoms with Crippen LogP contribution in [0.5, 0.6) is 0 Å². The molecule has 1 fully saturated rings. The summed E-state index contributed by atoms with van der Waals surface area (Å²) < 4.78 is 0. The van der Waals surface area contributed by atoms with Crippen LogP contribution in [0.25, 0.3) is 0 Å². The first-order valence-electron chi connectivity index (χ1n) is 5.75. The maximum atomic E-state index is 11.8. The summed E-state index contributed by atoms with van der Waals surface area (Å²) in [5.74, 6) is -0.183. The number of rotatable bonds is 2. The van der Waals surface area contributed by atoms with Gasteiger partial charge in [-0.3, -0.25) is 4.79 Å². The van der Waals surface area contributed by atoms with E-state index in [-0.39, 0.29) is 11.7 Å². The SMILES string of the molecule is O=C1CCCC[C@H]1[C@H](O)c1ccc(Cl)cc1Cl. The highest BCUT2D eigenvalue weighted by Gasteiger charge is 2.30. The fraction of sp³-hybridized carbons (Fsp3) is 0.462. The molecule has 1 aromatic rings. The molecule has 0 bridgehead atoms. The van der Waals surface area contributed by atoms with Crippen molar-refractivity contribution in [1.29, 1.82) is 0 Å². The molecule has 2 atom stereocenters. The van der Waals surface area contributed by atoms with E-state index in [1.807, 2.05) is 0 Å². The number of halogens is 2. The van der Waals surface area contributed by atoms with E-state index < -0.39 is 6.10 Å². The van der Waals surface area contributed by atoms with E-state index in [0.29, 0.717) is 22.0 Å². The molecule has 0 radical (unpaired) electrons. The molecule has 17 heavy (non-hydrogen) atoms. The highest BCUT2D eigenvalue weighted by molar-refractivity contribution is 6.35. The second-order valence-electron chi connectivity index (χ2n) is 4.43. The van der Waals surface area contributed by atoms with E-state index in [9.17, 15) is 9.90 Å². The molecule has 1 aliphatic carbocycles. The van der Waals surface area contributed by atoms with Gasteiger partial charge in [-0.25, -0.2) is 0 Å². The van der Waals surface area contributed by atoms with Crippen LogP contribution in [0.15, 0.2) is 18.2 Å². The quantitative estimate of drug-likeness (QED) is 0.890. The van der Waals surface area contributed by atoms with Crippen molar-refractivity contribution in [3.8, 4) is 0 Å². The number of hydrogen-bond donors (Lipinski definition) is 1. The molecular weight excluding hydrogens is 259 g/mol. The Morgan fingerprint density at radius 3 is 2.71 bits per heavy atom. The monoisotopic (exact) mass is 272 g/mol. The van der Waals surface area contributed by atoms with E-state index in [1.165, 1.54) is 0 Å². The number of carbonyl (C=O) groups excluding carboxylic acids is 1. The number of ketones is 1. The lowest BCUT2D eigenvalue weighted by Crippen LogP contribution is -2.25. The van der Waals surface area contributed by atoms with Gasteiger partial charge in [0.25, 0.3) is 0 Å². The lowest BCUT2D eigenvalue weighted by Gasteiger charge is -2.26. The predicted octanol–water partition coefficient (Wildman–Crippen LogP) is 3.79. The Kier molecular flexibility index (Phi) is 4.08. The van der Waals surface area contributed by atoms with Gasteiger partial charge in [0.2, 0.25) is 0 Å². The van der Waals surface area contributed by atoms with Gasteiger partial charge in [0, 0.05) is 22.4 Å². The van der Waals surface area contributed by atoms with Crippen LogP contribution in [-0.4, -0.2) is 10.9 Å². The van der Waals surface area contributed by atoms with Crippen LogP contribution < -0.4 is 0 Å². The fourth-order valence-corrected chi connectivity index (χ4v) is 2.82. The van der Waals surface area contributed by atoms with Gasteiger partial charge in [-0.05, 0) is 30.5 Å². The third kappa shape index (κ3) is 2.82. The first-order chi connectivity index (χ1) is 8.09. The summed E-state index contributed by atoms with van der Waals surface area (Å²) in [6.45, 7) is 0. The first-order valence-corrected chi connectivity index (χ1v) is 6.51. The molecule has 92 valence electrons. The summed E-state index contributed by atoms with van der Waals surface area (Å²) in [6, 6.07) is 4.96. The smallest absolute Gasteiger partial charge is 0.138 e. The van der Waals surface area contributed by atoms with E-state index >= 15 is 0 Å². The second-order valence-corrected chi connectivity index (χ2v) is 5.27. The highest BCUT2D eigenvalue weighted by Crippen LogP contribution is 2.35. The van der Waals surface area contributed by atoms with Crippen molar-refractivity contribution < 1.29 is 9.90 Å². The molecule has 0 saturated heterocycles. The van der Waals surface area contributed by atoms with E-state index in [2.05, 4.69) is 0 Å². The number of benzene rings is 1. The maximum absolute atomic E-state index is 11.8. The Balaban J connectivity index is 2.23. The molecule has 2 rings (SSSR count). The standard InChI is InChI=1S/C13H14Cl2O2/c14-8-5-6-9(11(15)7-8)13(17)10-3-1-2-4-12(10)16/h5-7,10,13,17H,1-4H2/t10-,13-/m1/s1. The van der Waals surface area contributed by atoms with Crippen molar-refractivity contribution in [3.63, 3.8) is 0 Å². The van der Waals surface area contributed by atoms with Gasteiger partial charge in [0.1, 0.15) is 5.78 Å². The van der Waals surface area contributed by atoms with Gasteiger partial charge in [-0.2, -0.15) is 0 Å². The third-order valence-electron chi connectivity index (χ3n) is 3.26. The zero-order valence-corrected chi connectivity index (χ0v) is 10.8. The summed E-state index contributed by atoms with van der Waals surface area (Å²) in [7, 11) is 0. The average Bonchev–Trinajstić information content (AvgIpc) is 2.29. The molecule has 0 heterocycles. The highest BCUT2D eigenvalue weighted by atomic mass is 35.5. The molecule has 0 spiro atoms. The molecule has 1 N–H and O–H groups in total. The molecule has 0 aromatic heterocycles. The number of hydrogen-bond acceptors (Lipinski definition) is 2. The molecule has 0 aliphatic heterocycles. The lowest BCUT2D eigenvalue weighted by molar-refractivity contribution is -0.128. The topological polar surface area (TPSA) is 37.3 Å². The normalized spacial score (nSPS) is 22.5. The zero-order chi connectivity index (χ0) is 12.4. The molecule has 1 aromatic carbocycles. The van der Waals surface area contributed by atoms with Crippen molar-refractivity contribution in [2.75, 3.05) is 0 Å². The second kappa shape index (κ2) is 5.38. The Morgan fingerprint density at radius 2 is 2.06 bits per heavy atom. The molecule has 2 nitrogen and oxygen atoms in total. The fourth-order valence-electron chi connectivity index (χ4n) is 2.30. The van der Waals surface area contributed by atoms with Crippen molar-refractivity contribution in [1.82, 2.24) is 0 Å². The molecule has 4 heteroatoms. The number of aliphatic hydroxyl groups excluding tert-OH is 1. The zero-order valence-electron chi connectivity index (χ0n) is 9.33. The van der Waals surface area contributed by atoms with Crippen molar-refractivity contribution in [2.45, 2.75) is 31.8 Å². The van der Waals surface area contributed by atoms with Gasteiger partial charge in [-0.15, -0.1) is 0 Å². The number of aliphatic hydroxyl groups is 1. The van der Waals surface area contributed by atoms with Crippen molar-refractivity contribution >= 4 is 29.0 Å². The maximum Gasteiger partial charge on any atom is 0.138 e. The van der Waals surface area contributed by atoms with Gasteiger partial charge in [0.15, 0.2) is 0 Å². The number of Topliss-reactive ketones (excluding diaryl/α,β-unsaturated/α-hetero) is 1. The van der Waals surface area contributed by atoms with Crippen LogP contribution >= 0.6 is 23.2 Å². The van der Waals surface area contributed by atoms with Gasteiger partial charge < -0.3 is 5.11 Å². The van der Waals surface area contributed by atoms with Crippen LogP contribution in [0.4, 0.5) is 0 Å². The van der Waals surface area contributed by atoms with Gasteiger partial charge in [-0.1, -0.05) is 35.7 Å². The molecule has 0 amide bonds. The summed E-state index contributed by atoms with van der Waals surface area (Å²) in [4.78, 5) is 11.8. The molecule has 1 aliphatic rings. The predicted molar refractivity (Wildman–Crippen MR) is 68.4 cm³/mol. The Labute approximate surface area is 111 Å². The summed E-state index contributed by atoms with van der Waals surface area (Å²) >= 11 is 11.8. The Morgan fingerprint density at radius 1 is 1.29 bits per heavy atom. The minimum atomic E-state index is -0.812. The van der Waals surface area contributed by atoms with Crippen LogP contribution in [0.3, 0.4) is 0 Å². The van der Waals surface area contributed by atoms with E-state index in [4.69, 9.17) is 23.2 Å². The van der Waals surface area contributed by atoms with E-state index in [1.54, 1.807) is 18.2 Å². The van der Waals surface area contributed by atoms with Crippen LogP contribution in [0, 0.1) is 5.92 Å². The lowest BCUT2D eigenvalue weighted by atomic mass is 9.82. The van der Waals surface area contributed by atoms with Gasteiger partial charge in [0.05, 0.1) is 6.10 Å². The van der Waals surface area contributed by atoms with Gasteiger partial charge >= 0.3 is 0 Å². The Hall–Kier alpha value is -0.570. The summed E-state index contributed by atoms with van der Waals surface area (Å²) in [5.41, 5.74) is 0.594. The first kappa shape index (κ1) is 12.9. The van der Waals surface area contributed by atoms with Crippen LogP contribution in [-0.2, 0) is 4.79 Å². The van der Waals surface area contributed by atoms with Crippen LogP contribution in [0.1, 0.15) is 37.4 Å². The Bertz CT molecular complexity index is 431. The van der Waals surface area contributed by atoms with Crippen LogP contribution in [0.2, 0.25) is 10.0 Å². The minimum Gasteiger partial charge on any atom is -0.388 e. The van der Waals surface area contributed by atoms with E-state index in [0.717, 1.165) is 19.3 Å². The average molecular weight is 273 g/mol. The molecule has 1 saturated carbocycles. The van der Waals surface area contributed by atoms with Crippen molar-refractivity contribution in [3.05, 3.63) is 33.8 Å². The molecular formula is C13H14Cl2O2. The number of carbonyl (C=O) groups is 1. The van der Waals surface area contributed by atoms with Crippen molar-refractivity contribution in [2.24, 2.45) is 5.92 Å². The summed E-state index contributed by atoms with van der Waals surface area (Å²) in [5, 5.41) is 11.2.